The molecule has 3 heterocycles. The minimum absolute atomic E-state index is 0.0486. The predicted molar refractivity (Wildman–Crippen MR) is 35.9 cm³/mol. The minimum atomic E-state index is -0.298. The standard InChI is InChI=1S/C8H10O3/c1-8-3-4-2-5(6(8)10-4)11-7(8)9/h4-6H,2-3H2,1H3. The Bertz CT molecular complexity index is 237. The molecule has 3 nitrogen and oxygen atoms in total. The Morgan fingerprint density at radius 3 is 3.00 bits per heavy atom. The maximum Gasteiger partial charge on any atom is 0.315 e. The van der Waals surface area contributed by atoms with Crippen molar-refractivity contribution in [1.29, 1.82) is 0 Å². The van der Waals surface area contributed by atoms with E-state index in [0.717, 1.165) is 12.8 Å². The number of ether oxygens (including phenoxy) is 2. The van der Waals surface area contributed by atoms with Gasteiger partial charge in [0, 0.05) is 6.42 Å². The van der Waals surface area contributed by atoms with Crippen LogP contribution in [0.1, 0.15) is 19.8 Å². The number of carbonyl (C=O) groups is 1. The molecule has 3 saturated heterocycles. The first-order valence-electron chi connectivity index (χ1n) is 4.07. The Kier molecular flexibility index (Phi) is 0.796. The van der Waals surface area contributed by atoms with Crippen molar-refractivity contribution in [2.24, 2.45) is 5.41 Å². The Labute approximate surface area is 64.7 Å². The lowest BCUT2D eigenvalue weighted by Crippen LogP contribution is -2.33. The van der Waals surface area contributed by atoms with E-state index in [0.29, 0.717) is 6.10 Å². The monoisotopic (exact) mass is 154 g/mol. The molecule has 3 aliphatic heterocycles. The van der Waals surface area contributed by atoms with Gasteiger partial charge < -0.3 is 9.47 Å². The average molecular weight is 154 g/mol. The highest BCUT2D eigenvalue weighted by molar-refractivity contribution is 5.81. The first-order valence-corrected chi connectivity index (χ1v) is 4.07. The molecule has 0 aromatic heterocycles. The van der Waals surface area contributed by atoms with E-state index < -0.39 is 0 Å². The lowest BCUT2D eigenvalue weighted by Gasteiger charge is -2.18. The fraction of sp³-hybridized carbons (Fsp3) is 0.875. The van der Waals surface area contributed by atoms with Gasteiger partial charge in [-0.1, -0.05) is 0 Å². The Morgan fingerprint density at radius 1 is 1.64 bits per heavy atom. The molecular formula is C8H10O3. The Balaban J connectivity index is 2.11. The van der Waals surface area contributed by atoms with Crippen LogP contribution in [0.25, 0.3) is 0 Å². The molecule has 4 atom stereocenters. The van der Waals surface area contributed by atoms with Gasteiger partial charge in [0.25, 0.3) is 0 Å². The number of hydrogen-bond acceptors (Lipinski definition) is 3. The topological polar surface area (TPSA) is 35.5 Å². The zero-order chi connectivity index (χ0) is 7.64. The van der Waals surface area contributed by atoms with Crippen LogP contribution in [0.4, 0.5) is 0 Å². The van der Waals surface area contributed by atoms with Crippen molar-refractivity contribution in [2.45, 2.75) is 38.1 Å². The van der Waals surface area contributed by atoms with Crippen LogP contribution in [-0.4, -0.2) is 24.3 Å². The third kappa shape index (κ3) is 0.495. The first-order chi connectivity index (χ1) is 5.20. The molecule has 11 heavy (non-hydrogen) atoms. The van der Waals surface area contributed by atoms with Crippen molar-refractivity contribution in [3.8, 4) is 0 Å². The summed E-state index contributed by atoms with van der Waals surface area (Å²) in [5.74, 6) is -0.0486. The predicted octanol–water partition coefficient (Wildman–Crippen LogP) is 0.479. The Morgan fingerprint density at radius 2 is 2.45 bits per heavy atom. The molecule has 60 valence electrons. The van der Waals surface area contributed by atoms with E-state index in [2.05, 4.69) is 0 Å². The molecule has 0 radical (unpaired) electrons. The fourth-order valence-electron chi connectivity index (χ4n) is 2.60. The maximum atomic E-state index is 11.3. The van der Waals surface area contributed by atoms with E-state index in [1.807, 2.05) is 6.92 Å². The first kappa shape index (κ1) is 6.00. The van der Waals surface area contributed by atoms with Crippen LogP contribution >= 0.6 is 0 Å². The average Bonchev–Trinajstić information content (AvgIpc) is 2.45. The van der Waals surface area contributed by atoms with Crippen molar-refractivity contribution < 1.29 is 14.3 Å². The van der Waals surface area contributed by atoms with E-state index in [1.165, 1.54) is 0 Å². The summed E-state index contributed by atoms with van der Waals surface area (Å²) < 4.78 is 10.8. The highest BCUT2D eigenvalue weighted by atomic mass is 16.6. The van der Waals surface area contributed by atoms with Gasteiger partial charge in [0.1, 0.15) is 12.2 Å². The van der Waals surface area contributed by atoms with Crippen LogP contribution in [0.15, 0.2) is 0 Å². The zero-order valence-electron chi connectivity index (χ0n) is 6.37. The number of fused-ring (bicyclic) bond motifs is 1. The number of esters is 1. The van der Waals surface area contributed by atoms with Gasteiger partial charge >= 0.3 is 5.97 Å². The van der Waals surface area contributed by atoms with Crippen LogP contribution in [0.2, 0.25) is 0 Å². The second-order valence-electron chi connectivity index (χ2n) is 3.98. The van der Waals surface area contributed by atoms with Gasteiger partial charge in [-0.05, 0) is 13.3 Å². The van der Waals surface area contributed by atoms with E-state index >= 15 is 0 Å². The van der Waals surface area contributed by atoms with E-state index in [1.54, 1.807) is 0 Å². The van der Waals surface area contributed by atoms with Crippen LogP contribution < -0.4 is 0 Å². The van der Waals surface area contributed by atoms with Gasteiger partial charge in [0.2, 0.25) is 0 Å². The summed E-state index contributed by atoms with van der Waals surface area (Å²) in [6, 6.07) is 0. The Hall–Kier alpha value is -0.570. The highest BCUT2D eigenvalue weighted by Gasteiger charge is 2.65. The molecular weight excluding hydrogens is 144 g/mol. The molecule has 0 spiro atoms. The summed E-state index contributed by atoms with van der Waals surface area (Å²) in [6.07, 6.45) is 2.23. The van der Waals surface area contributed by atoms with Crippen molar-refractivity contribution in [3.05, 3.63) is 0 Å². The second kappa shape index (κ2) is 1.46. The lowest BCUT2D eigenvalue weighted by atomic mass is 9.77. The van der Waals surface area contributed by atoms with Crippen molar-refractivity contribution in [1.82, 2.24) is 0 Å². The fourth-order valence-corrected chi connectivity index (χ4v) is 2.60. The molecule has 0 N–H and O–H groups in total. The summed E-state index contributed by atoms with van der Waals surface area (Å²) in [5.41, 5.74) is -0.298. The molecule has 0 aromatic carbocycles. The second-order valence-corrected chi connectivity index (χ2v) is 3.98. The number of hydrogen-bond donors (Lipinski definition) is 0. The smallest absolute Gasteiger partial charge is 0.315 e. The third-order valence-electron chi connectivity index (χ3n) is 3.18. The molecule has 3 aliphatic rings. The number of carbonyl (C=O) groups excluding carboxylic acids is 1. The van der Waals surface area contributed by atoms with Crippen molar-refractivity contribution >= 4 is 5.97 Å². The number of rotatable bonds is 0. The maximum absolute atomic E-state index is 11.3. The van der Waals surface area contributed by atoms with Crippen LogP contribution in [0, 0.1) is 5.41 Å². The van der Waals surface area contributed by atoms with E-state index in [9.17, 15) is 4.79 Å². The zero-order valence-corrected chi connectivity index (χ0v) is 6.37. The molecule has 3 rings (SSSR count). The lowest BCUT2D eigenvalue weighted by molar-refractivity contribution is -0.147. The van der Waals surface area contributed by atoms with Crippen LogP contribution in [-0.2, 0) is 14.3 Å². The van der Waals surface area contributed by atoms with Gasteiger partial charge in [0.15, 0.2) is 0 Å². The molecule has 3 fully saturated rings. The van der Waals surface area contributed by atoms with E-state index in [-0.39, 0.29) is 23.6 Å². The normalized spacial score (nSPS) is 58.6. The molecule has 0 aromatic rings. The van der Waals surface area contributed by atoms with Gasteiger partial charge in [-0.15, -0.1) is 0 Å². The molecule has 0 aliphatic carbocycles. The quantitative estimate of drug-likeness (QED) is 0.476. The van der Waals surface area contributed by atoms with Gasteiger partial charge in [0.05, 0.1) is 11.5 Å². The molecule has 0 saturated carbocycles. The summed E-state index contributed by atoms with van der Waals surface area (Å²) in [6.45, 7) is 1.96. The minimum Gasteiger partial charge on any atom is -0.459 e. The largest absolute Gasteiger partial charge is 0.459 e. The SMILES string of the molecule is CC12CC3CC(OC1=O)C2O3. The molecule has 3 heteroatoms. The van der Waals surface area contributed by atoms with Gasteiger partial charge in [-0.2, -0.15) is 0 Å². The van der Waals surface area contributed by atoms with Crippen LogP contribution in [0.5, 0.6) is 0 Å². The molecule has 0 amide bonds. The van der Waals surface area contributed by atoms with E-state index in [4.69, 9.17) is 9.47 Å². The molecule has 4 unspecified atom stereocenters. The van der Waals surface area contributed by atoms with Gasteiger partial charge in [-0.3, -0.25) is 4.79 Å². The molecule has 2 bridgehead atoms. The van der Waals surface area contributed by atoms with Crippen molar-refractivity contribution in [2.75, 3.05) is 0 Å². The van der Waals surface area contributed by atoms with Crippen molar-refractivity contribution in [3.63, 3.8) is 0 Å². The summed E-state index contributed by atoms with van der Waals surface area (Å²) >= 11 is 0. The summed E-state index contributed by atoms with van der Waals surface area (Å²) in [7, 11) is 0. The summed E-state index contributed by atoms with van der Waals surface area (Å²) in [4.78, 5) is 11.3. The van der Waals surface area contributed by atoms with Gasteiger partial charge in [-0.25, -0.2) is 0 Å². The third-order valence-corrected chi connectivity index (χ3v) is 3.18. The highest BCUT2D eigenvalue weighted by Crippen LogP contribution is 2.53. The van der Waals surface area contributed by atoms with Crippen LogP contribution in [0.3, 0.4) is 0 Å². The summed E-state index contributed by atoms with van der Waals surface area (Å²) in [5, 5.41) is 0.